The van der Waals surface area contributed by atoms with Crippen LogP contribution in [0.2, 0.25) is 0 Å². The molecule has 2 aliphatic heterocycles. The lowest BCUT2D eigenvalue weighted by molar-refractivity contribution is 0.0919. The van der Waals surface area contributed by atoms with Gasteiger partial charge in [0, 0.05) is 42.1 Å². The van der Waals surface area contributed by atoms with Crippen molar-refractivity contribution in [3.63, 3.8) is 0 Å². The Morgan fingerprint density at radius 3 is 2.56 bits per heavy atom. The number of rotatable bonds is 5. The minimum atomic E-state index is -3.40. The Kier molecular flexibility index (Phi) is 4.56. The van der Waals surface area contributed by atoms with E-state index < -0.39 is 10.0 Å². The molecule has 0 radical (unpaired) electrons. The molecule has 5 nitrogen and oxygen atoms in total. The second-order valence-corrected chi connectivity index (χ2v) is 9.91. The number of nitrogens with zero attached hydrogens (tertiary/aromatic N) is 2. The molecule has 2 aromatic rings. The van der Waals surface area contributed by atoms with Gasteiger partial charge in [0.1, 0.15) is 10.3 Å². The maximum absolute atomic E-state index is 13.1. The quantitative estimate of drug-likeness (QED) is 0.799. The van der Waals surface area contributed by atoms with E-state index in [0.29, 0.717) is 10.1 Å². The number of sulfonamides is 1. The van der Waals surface area contributed by atoms with Crippen LogP contribution in [-0.4, -0.2) is 35.9 Å². The van der Waals surface area contributed by atoms with Gasteiger partial charge in [-0.2, -0.15) is 4.31 Å². The van der Waals surface area contributed by atoms with Crippen LogP contribution in [0.15, 0.2) is 40.7 Å². The van der Waals surface area contributed by atoms with Crippen molar-refractivity contribution in [2.24, 2.45) is 0 Å². The summed E-state index contributed by atoms with van der Waals surface area (Å²) >= 11 is 1.40. The molecule has 0 aromatic carbocycles. The first-order valence-corrected chi connectivity index (χ1v) is 11.0. The maximum atomic E-state index is 13.1. The van der Waals surface area contributed by atoms with Crippen molar-refractivity contribution in [3.8, 4) is 5.88 Å². The predicted octanol–water partition coefficient (Wildman–Crippen LogP) is 3.47. The van der Waals surface area contributed by atoms with Gasteiger partial charge >= 0.3 is 0 Å². The van der Waals surface area contributed by atoms with Gasteiger partial charge in [-0.25, -0.2) is 13.4 Å². The summed E-state index contributed by atoms with van der Waals surface area (Å²) in [6, 6.07) is 9.36. The molecule has 2 saturated heterocycles. The van der Waals surface area contributed by atoms with Crippen LogP contribution in [0.5, 0.6) is 5.88 Å². The molecular formula is C18H22N2O3S2. The van der Waals surface area contributed by atoms with Gasteiger partial charge in [0.05, 0.1) is 0 Å². The summed E-state index contributed by atoms with van der Waals surface area (Å²) in [5.74, 6) is 0.619. The van der Waals surface area contributed by atoms with E-state index in [1.165, 1.54) is 11.3 Å². The highest BCUT2D eigenvalue weighted by molar-refractivity contribution is 7.91. The molecule has 2 fully saturated rings. The number of hydrogen-bond acceptors (Lipinski definition) is 5. The van der Waals surface area contributed by atoms with Crippen LogP contribution in [0.4, 0.5) is 0 Å². The van der Waals surface area contributed by atoms with Crippen LogP contribution in [0.25, 0.3) is 0 Å². The lowest BCUT2D eigenvalue weighted by Crippen LogP contribution is -2.49. The van der Waals surface area contributed by atoms with E-state index in [9.17, 15) is 8.42 Å². The molecule has 2 aliphatic rings. The van der Waals surface area contributed by atoms with Gasteiger partial charge in [-0.3, -0.25) is 0 Å². The number of thiophene rings is 1. The Morgan fingerprint density at radius 2 is 1.96 bits per heavy atom. The van der Waals surface area contributed by atoms with Gasteiger partial charge in [-0.1, -0.05) is 13.0 Å². The average Bonchev–Trinajstić information content (AvgIpc) is 3.20. The average molecular weight is 379 g/mol. The predicted molar refractivity (Wildman–Crippen MR) is 97.4 cm³/mol. The van der Waals surface area contributed by atoms with E-state index in [1.807, 2.05) is 31.2 Å². The van der Waals surface area contributed by atoms with E-state index in [2.05, 4.69) is 4.98 Å². The Morgan fingerprint density at radius 1 is 1.20 bits per heavy atom. The smallest absolute Gasteiger partial charge is 0.253 e. The first-order chi connectivity index (χ1) is 12.1. The summed E-state index contributed by atoms with van der Waals surface area (Å²) in [7, 11) is -3.40. The number of fused-ring (bicyclic) bond motifs is 2. The first kappa shape index (κ1) is 17.0. The SMILES string of the molecule is CCc1ccc(S(=O)(=O)N2C3CCC2CC(Oc2ccccn2)C3)s1. The fraction of sp³-hybridized carbons (Fsp3) is 0.500. The van der Waals surface area contributed by atoms with Crippen molar-refractivity contribution in [1.29, 1.82) is 0 Å². The minimum absolute atomic E-state index is 0.0321. The summed E-state index contributed by atoms with van der Waals surface area (Å²) in [6.45, 7) is 2.05. The molecular weight excluding hydrogens is 356 g/mol. The van der Waals surface area contributed by atoms with Crippen LogP contribution in [0.1, 0.15) is 37.5 Å². The fourth-order valence-electron chi connectivity index (χ4n) is 3.95. The van der Waals surface area contributed by atoms with Crippen LogP contribution in [0, 0.1) is 0 Å². The van der Waals surface area contributed by atoms with Gasteiger partial charge in [0.15, 0.2) is 0 Å². The molecule has 0 amide bonds. The highest BCUT2D eigenvalue weighted by Gasteiger charge is 2.48. The zero-order chi connectivity index (χ0) is 17.4. The molecule has 25 heavy (non-hydrogen) atoms. The normalized spacial score (nSPS) is 26.7. The van der Waals surface area contributed by atoms with E-state index in [-0.39, 0.29) is 18.2 Å². The zero-order valence-electron chi connectivity index (χ0n) is 14.2. The number of aryl methyl sites for hydroxylation is 1. The number of piperidine rings is 1. The van der Waals surface area contributed by atoms with E-state index in [1.54, 1.807) is 16.6 Å². The fourth-order valence-corrected chi connectivity index (χ4v) is 7.24. The topological polar surface area (TPSA) is 59.5 Å². The van der Waals surface area contributed by atoms with Crippen molar-refractivity contribution in [1.82, 2.24) is 9.29 Å². The Balaban J connectivity index is 1.52. The summed E-state index contributed by atoms with van der Waals surface area (Å²) < 4.78 is 34.5. The van der Waals surface area contributed by atoms with Gasteiger partial charge in [-0.15, -0.1) is 11.3 Å². The summed E-state index contributed by atoms with van der Waals surface area (Å²) in [6.07, 6.45) is 5.92. The summed E-state index contributed by atoms with van der Waals surface area (Å²) in [5.41, 5.74) is 0. The largest absolute Gasteiger partial charge is 0.474 e. The van der Waals surface area contributed by atoms with Crippen molar-refractivity contribution < 1.29 is 13.2 Å². The standard InChI is InChI=1S/C18H22N2O3S2/c1-2-16-8-9-18(24-16)25(21,22)20-13-6-7-14(20)12-15(11-13)23-17-5-3-4-10-19-17/h3-5,8-10,13-15H,2,6-7,11-12H2,1H3. The second-order valence-electron chi connectivity index (χ2n) is 6.67. The highest BCUT2D eigenvalue weighted by atomic mass is 32.2. The molecule has 7 heteroatoms. The third kappa shape index (κ3) is 3.20. The molecule has 2 bridgehead atoms. The monoisotopic (exact) mass is 378 g/mol. The highest BCUT2D eigenvalue weighted by Crippen LogP contribution is 2.41. The Hall–Kier alpha value is -1.44. The van der Waals surface area contributed by atoms with Crippen LogP contribution < -0.4 is 4.74 Å². The second kappa shape index (κ2) is 6.70. The Bertz CT molecular complexity index is 821. The van der Waals surface area contributed by atoms with Crippen LogP contribution in [-0.2, 0) is 16.4 Å². The zero-order valence-corrected chi connectivity index (χ0v) is 15.8. The summed E-state index contributed by atoms with van der Waals surface area (Å²) in [5, 5.41) is 0. The van der Waals surface area contributed by atoms with Crippen LogP contribution >= 0.6 is 11.3 Å². The van der Waals surface area contributed by atoms with E-state index >= 15 is 0 Å². The minimum Gasteiger partial charge on any atom is -0.474 e. The number of aromatic nitrogens is 1. The van der Waals surface area contributed by atoms with E-state index in [4.69, 9.17) is 4.74 Å². The van der Waals surface area contributed by atoms with Gasteiger partial charge in [0.25, 0.3) is 10.0 Å². The number of pyridine rings is 1. The summed E-state index contributed by atoms with van der Waals surface area (Å²) in [4.78, 5) is 5.33. The third-order valence-corrected chi connectivity index (χ3v) is 8.77. The molecule has 2 unspecified atom stereocenters. The van der Waals surface area contributed by atoms with Crippen molar-refractivity contribution in [2.75, 3.05) is 0 Å². The van der Waals surface area contributed by atoms with Crippen LogP contribution in [0.3, 0.4) is 0 Å². The van der Waals surface area contributed by atoms with Gasteiger partial charge in [-0.05, 0) is 37.5 Å². The lowest BCUT2D eigenvalue weighted by Gasteiger charge is -2.37. The molecule has 0 N–H and O–H groups in total. The molecule has 2 aromatic heterocycles. The molecule has 4 heterocycles. The first-order valence-electron chi connectivity index (χ1n) is 8.78. The van der Waals surface area contributed by atoms with Crippen molar-refractivity contribution in [3.05, 3.63) is 41.4 Å². The molecule has 0 saturated carbocycles. The lowest BCUT2D eigenvalue weighted by atomic mass is 10.0. The molecule has 2 atom stereocenters. The van der Waals surface area contributed by atoms with Gasteiger partial charge < -0.3 is 4.74 Å². The molecule has 134 valence electrons. The number of hydrogen-bond donors (Lipinski definition) is 0. The van der Waals surface area contributed by atoms with Crippen molar-refractivity contribution >= 4 is 21.4 Å². The molecule has 4 rings (SSSR count). The van der Waals surface area contributed by atoms with Gasteiger partial charge in [0.2, 0.25) is 5.88 Å². The number of ether oxygens (including phenoxy) is 1. The van der Waals surface area contributed by atoms with Crippen molar-refractivity contribution in [2.45, 2.75) is 61.4 Å². The molecule has 0 spiro atoms. The Labute approximate surface area is 152 Å². The maximum Gasteiger partial charge on any atom is 0.253 e. The third-order valence-electron chi connectivity index (χ3n) is 5.07. The molecule has 0 aliphatic carbocycles. The van der Waals surface area contributed by atoms with E-state index in [0.717, 1.165) is 37.0 Å².